The molecule has 114 valence electrons. The second kappa shape index (κ2) is 10.4. The fourth-order valence-corrected chi connectivity index (χ4v) is 2.22. The standard InChI is InChI=1S/C15H25NO4/c17-14(10-6-1-2-7-11-15(18)19)16-20-12-13-8-4-3-5-9-13/h4,8,13H,1-3,5-7,9-12H2,(H,16,17)(H,18,19). The number of rotatable bonds is 10. The molecule has 0 fully saturated rings. The van der Waals surface area contributed by atoms with Crippen LogP contribution in [0.2, 0.25) is 0 Å². The van der Waals surface area contributed by atoms with Crippen LogP contribution in [0, 0.1) is 5.92 Å². The SMILES string of the molecule is O=C(O)CCCCCCC(=O)NOCC1C=CCCC1. The molecule has 1 aliphatic rings. The number of carbonyl (C=O) groups excluding carboxylic acids is 1. The first-order valence-electron chi connectivity index (χ1n) is 7.47. The molecule has 0 saturated heterocycles. The van der Waals surface area contributed by atoms with Crippen molar-refractivity contribution < 1.29 is 19.5 Å². The van der Waals surface area contributed by atoms with Crippen molar-refractivity contribution in [1.82, 2.24) is 5.48 Å². The Bertz CT molecular complexity index is 328. The second-order valence-electron chi connectivity index (χ2n) is 5.26. The molecule has 0 spiro atoms. The highest BCUT2D eigenvalue weighted by molar-refractivity contribution is 5.74. The van der Waals surface area contributed by atoms with E-state index in [1.807, 2.05) is 0 Å². The van der Waals surface area contributed by atoms with Gasteiger partial charge in [0.1, 0.15) is 0 Å². The maximum atomic E-state index is 11.5. The third-order valence-electron chi connectivity index (χ3n) is 3.38. The summed E-state index contributed by atoms with van der Waals surface area (Å²) in [5.41, 5.74) is 2.47. The van der Waals surface area contributed by atoms with Gasteiger partial charge in [0, 0.05) is 18.8 Å². The van der Waals surface area contributed by atoms with Crippen LogP contribution in [0.4, 0.5) is 0 Å². The molecule has 1 unspecified atom stereocenters. The first kappa shape index (κ1) is 16.7. The van der Waals surface area contributed by atoms with Crippen molar-refractivity contribution in [2.24, 2.45) is 5.92 Å². The third-order valence-corrected chi connectivity index (χ3v) is 3.38. The van der Waals surface area contributed by atoms with Crippen LogP contribution in [0.1, 0.15) is 57.8 Å². The van der Waals surface area contributed by atoms with Crippen LogP contribution in [0.3, 0.4) is 0 Å². The van der Waals surface area contributed by atoms with E-state index in [1.165, 1.54) is 6.42 Å². The fraction of sp³-hybridized carbons (Fsp3) is 0.733. The van der Waals surface area contributed by atoms with Gasteiger partial charge in [0.05, 0.1) is 6.61 Å². The predicted octanol–water partition coefficient (Wildman–Crippen LogP) is 2.82. The van der Waals surface area contributed by atoms with E-state index in [0.29, 0.717) is 25.4 Å². The van der Waals surface area contributed by atoms with E-state index in [9.17, 15) is 9.59 Å². The quantitative estimate of drug-likeness (QED) is 0.367. The monoisotopic (exact) mass is 283 g/mol. The molecule has 0 aromatic heterocycles. The molecule has 20 heavy (non-hydrogen) atoms. The summed E-state index contributed by atoms with van der Waals surface area (Å²) in [5, 5.41) is 8.48. The number of hydrogen-bond donors (Lipinski definition) is 2. The minimum Gasteiger partial charge on any atom is -0.481 e. The van der Waals surface area contributed by atoms with E-state index < -0.39 is 5.97 Å². The molecule has 1 amide bonds. The molecule has 2 N–H and O–H groups in total. The van der Waals surface area contributed by atoms with Crippen molar-refractivity contribution in [3.05, 3.63) is 12.2 Å². The zero-order valence-electron chi connectivity index (χ0n) is 12.0. The number of amides is 1. The van der Waals surface area contributed by atoms with Crippen molar-refractivity contribution >= 4 is 11.9 Å². The summed E-state index contributed by atoms with van der Waals surface area (Å²) in [4.78, 5) is 27.0. The first-order valence-corrected chi connectivity index (χ1v) is 7.47. The number of carbonyl (C=O) groups is 2. The Labute approximate surface area is 120 Å². The Kier molecular flexibility index (Phi) is 8.71. The van der Waals surface area contributed by atoms with Crippen LogP contribution >= 0.6 is 0 Å². The summed E-state index contributed by atoms with van der Waals surface area (Å²) in [7, 11) is 0. The normalized spacial score (nSPS) is 17.9. The molecule has 0 bridgehead atoms. The molecule has 0 heterocycles. The van der Waals surface area contributed by atoms with Gasteiger partial charge in [-0.2, -0.15) is 0 Å². The van der Waals surface area contributed by atoms with Crippen LogP contribution in [0.15, 0.2) is 12.2 Å². The molecule has 0 aromatic rings. The van der Waals surface area contributed by atoms with Crippen LogP contribution in [0.25, 0.3) is 0 Å². The van der Waals surface area contributed by atoms with Crippen molar-refractivity contribution in [3.63, 3.8) is 0 Å². The Balaban J connectivity index is 1.91. The molecule has 5 nitrogen and oxygen atoms in total. The van der Waals surface area contributed by atoms with Crippen molar-refractivity contribution in [3.8, 4) is 0 Å². The fourth-order valence-electron chi connectivity index (χ4n) is 2.22. The number of carboxylic acids is 1. The van der Waals surface area contributed by atoms with Gasteiger partial charge in [-0.25, -0.2) is 5.48 Å². The van der Waals surface area contributed by atoms with E-state index in [0.717, 1.165) is 32.1 Å². The van der Waals surface area contributed by atoms with E-state index in [4.69, 9.17) is 9.94 Å². The number of aliphatic carboxylic acids is 1. The third kappa shape index (κ3) is 8.69. The smallest absolute Gasteiger partial charge is 0.303 e. The minimum absolute atomic E-state index is 0.0944. The molecule has 1 rings (SSSR count). The summed E-state index contributed by atoms with van der Waals surface area (Å²) in [6, 6.07) is 0. The maximum Gasteiger partial charge on any atom is 0.303 e. The Morgan fingerprint density at radius 3 is 2.60 bits per heavy atom. The molecule has 0 aromatic carbocycles. The molecule has 0 aliphatic heterocycles. The van der Waals surface area contributed by atoms with Gasteiger partial charge in [-0.1, -0.05) is 25.0 Å². The minimum atomic E-state index is -0.757. The molecular weight excluding hydrogens is 258 g/mol. The lowest BCUT2D eigenvalue weighted by atomic mass is 9.97. The highest BCUT2D eigenvalue weighted by Crippen LogP contribution is 2.16. The maximum absolute atomic E-state index is 11.5. The van der Waals surface area contributed by atoms with Gasteiger partial charge in [0.2, 0.25) is 5.91 Å². The predicted molar refractivity (Wildman–Crippen MR) is 75.9 cm³/mol. The largest absolute Gasteiger partial charge is 0.481 e. The summed E-state index contributed by atoms with van der Waals surface area (Å²) < 4.78 is 0. The Morgan fingerprint density at radius 1 is 1.20 bits per heavy atom. The second-order valence-corrected chi connectivity index (χ2v) is 5.26. The Morgan fingerprint density at radius 2 is 1.95 bits per heavy atom. The lowest BCUT2D eigenvalue weighted by molar-refractivity contribution is -0.137. The van der Waals surface area contributed by atoms with E-state index in [1.54, 1.807) is 0 Å². The topological polar surface area (TPSA) is 75.6 Å². The van der Waals surface area contributed by atoms with Gasteiger partial charge < -0.3 is 5.11 Å². The van der Waals surface area contributed by atoms with Gasteiger partial charge in [-0.05, 0) is 32.1 Å². The van der Waals surface area contributed by atoms with Crippen molar-refractivity contribution in [2.75, 3.05) is 6.61 Å². The van der Waals surface area contributed by atoms with Crippen LogP contribution < -0.4 is 5.48 Å². The van der Waals surface area contributed by atoms with E-state index in [-0.39, 0.29) is 12.3 Å². The van der Waals surface area contributed by atoms with Crippen LogP contribution in [0.5, 0.6) is 0 Å². The van der Waals surface area contributed by atoms with Crippen molar-refractivity contribution in [2.45, 2.75) is 57.8 Å². The summed E-state index contributed by atoms with van der Waals surface area (Å²) >= 11 is 0. The first-order chi connectivity index (χ1) is 9.68. The summed E-state index contributed by atoms with van der Waals surface area (Å²) in [6.07, 6.45) is 11.6. The number of nitrogens with one attached hydrogen (secondary N) is 1. The highest BCUT2D eigenvalue weighted by Gasteiger charge is 2.09. The number of hydroxylamine groups is 1. The molecule has 0 saturated carbocycles. The number of unbranched alkanes of at least 4 members (excludes halogenated alkanes) is 3. The zero-order chi connectivity index (χ0) is 14.6. The summed E-state index contributed by atoms with van der Waals surface area (Å²) in [5.74, 6) is -0.434. The average Bonchev–Trinajstić information content (AvgIpc) is 2.43. The average molecular weight is 283 g/mol. The summed E-state index contributed by atoms with van der Waals surface area (Å²) in [6.45, 7) is 0.543. The molecule has 1 atom stereocenters. The number of hydrogen-bond acceptors (Lipinski definition) is 3. The van der Waals surface area contributed by atoms with Crippen LogP contribution in [-0.2, 0) is 14.4 Å². The molecule has 0 radical (unpaired) electrons. The van der Waals surface area contributed by atoms with Crippen molar-refractivity contribution in [1.29, 1.82) is 0 Å². The van der Waals surface area contributed by atoms with E-state index in [2.05, 4.69) is 17.6 Å². The van der Waals surface area contributed by atoms with Gasteiger partial charge in [-0.3, -0.25) is 14.4 Å². The van der Waals surface area contributed by atoms with Gasteiger partial charge in [-0.15, -0.1) is 0 Å². The molecular formula is C15H25NO4. The van der Waals surface area contributed by atoms with Gasteiger partial charge in [0.15, 0.2) is 0 Å². The molecule has 1 aliphatic carbocycles. The van der Waals surface area contributed by atoms with Gasteiger partial charge >= 0.3 is 5.97 Å². The van der Waals surface area contributed by atoms with Gasteiger partial charge in [0.25, 0.3) is 0 Å². The highest BCUT2D eigenvalue weighted by atomic mass is 16.6. The number of allylic oxidation sites excluding steroid dienone is 1. The van der Waals surface area contributed by atoms with E-state index >= 15 is 0 Å². The number of carboxylic acid groups (broad SMARTS) is 1. The zero-order valence-corrected chi connectivity index (χ0v) is 12.0. The molecule has 5 heteroatoms. The Hall–Kier alpha value is -1.36. The lowest BCUT2D eigenvalue weighted by Gasteiger charge is -2.16. The van der Waals surface area contributed by atoms with Crippen LogP contribution in [-0.4, -0.2) is 23.6 Å². The lowest BCUT2D eigenvalue weighted by Crippen LogP contribution is -2.26.